The monoisotopic (exact) mass is 433 g/mol. The van der Waals surface area contributed by atoms with Crippen LogP contribution in [0.4, 0.5) is 5.69 Å². The summed E-state index contributed by atoms with van der Waals surface area (Å²) in [4.78, 5) is 30.4. The molecule has 0 aliphatic heterocycles. The minimum absolute atomic E-state index is 0.141. The molecule has 0 saturated heterocycles. The molecule has 0 radical (unpaired) electrons. The van der Waals surface area contributed by atoms with Crippen molar-refractivity contribution in [2.45, 2.75) is 25.0 Å². The van der Waals surface area contributed by atoms with E-state index in [0.29, 0.717) is 22.7 Å². The number of para-hydroxylation sites is 1. The van der Waals surface area contributed by atoms with Gasteiger partial charge in [-0.1, -0.05) is 67.2 Å². The van der Waals surface area contributed by atoms with Crippen molar-refractivity contribution in [1.29, 1.82) is 0 Å². The highest BCUT2D eigenvalue weighted by Crippen LogP contribution is 2.20. The SMILES string of the molecule is CCc1ccccc1NC(=O)CSc1nc2cn(C)nc2c(=O)n1Cc1ccccc1. The van der Waals surface area contributed by atoms with Crippen LogP contribution >= 0.6 is 11.8 Å². The highest BCUT2D eigenvalue weighted by molar-refractivity contribution is 7.99. The lowest BCUT2D eigenvalue weighted by molar-refractivity contribution is -0.113. The molecule has 0 spiro atoms. The number of hydrogen-bond donors (Lipinski definition) is 1. The Morgan fingerprint density at radius 3 is 2.61 bits per heavy atom. The lowest BCUT2D eigenvalue weighted by Gasteiger charge is -2.12. The molecule has 2 aromatic heterocycles. The summed E-state index contributed by atoms with van der Waals surface area (Å²) in [6.07, 6.45) is 2.55. The topological polar surface area (TPSA) is 81.8 Å². The van der Waals surface area contributed by atoms with Crippen LogP contribution in [-0.4, -0.2) is 31.0 Å². The number of nitrogens with zero attached hydrogens (tertiary/aromatic N) is 4. The van der Waals surface area contributed by atoms with Gasteiger partial charge in [-0.2, -0.15) is 5.10 Å². The van der Waals surface area contributed by atoms with Gasteiger partial charge in [-0.25, -0.2) is 4.98 Å². The number of carbonyl (C=O) groups excluding carboxylic acids is 1. The van der Waals surface area contributed by atoms with Crippen molar-refractivity contribution in [3.63, 3.8) is 0 Å². The Labute approximate surface area is 184 Å². The van der Waals surface area contributed by atoms with Gasteiger partial charge in [0.1, 0.15) is 5.52 Å². The number of fused-ring (bicyclic) bond motifs is 1. The molecule has 1 amide bonds. The maximum absolute atomic E-state index is 13.1. The van der Waals surface area contributed by atoms with E-state index >= 15 is 0 Å². The van der Waals surface area contributed by atoms with Crippen LogP contribution in [-0.2, 0) is 24.8 Å². The summed E-state index contributed by atoms with van der Waals surface area (Å²) >= 11 is 1.25. The van der Waals surface area contributed by atoms with E-state index in [0.717, 1.165) is 23.2 Å². The molecule has 0 unspecified atom stereocenters. The van der Waals surface area contributed by atoms with Crippen LogP contribution in [0.2, 0.25) is 0 Å². The van der Waals surface area contributed by atoms with Crippen molar-refractivity contribution >= 4 is 34.4 Å². The van der Waals surface area contributed by atoms with Crippen LogP contribution in [0.5, 0.6) is 0 Å². The standard InChI is InChI=1S/C23H23N5O2S/c1-3-17-11-7-8-12-18(17)24-20(29)15-31-23-25-19-14-27(2)26-21(19)22(30)28(23)13-16-9-5-4-6-10-16/h4-12,14H,3,13,15H2,1-2H3,(H,24,29). The van der Waals surface area contributed by atoms with Crippen LogP contribution in [0.25, 0.3) is 11.0 Å². The fourth-order valence-electron chi connectivity index (χ4n) is 3.37. The van der Waals surface area contributed by atoms with E-state index in [4.69, 9.17) is 0 Å². The molecule has 0 saturated carbocycles. The summed E-state index contributed by atoms with van der Waals surface area (Å²) in [5.41, 5.74) is 3.50. The zero-order chi connectivity index (χ0) is 21.8. The van der Waals surface area contributed by atoms with E-state index in [9.17, 15) is 9.59 Å². The minimum Gasteiger partial charge on any atom is -0.325 e. The van der Waals surface area contributed by atoms with Crippen LogP contribution in [0, 0.1) is 0 Å². The van der Waals surface area contributed by atoms with Gasteiger partial charge in [-0.05, 0) is 23.6 Å². The number of benzene rings is 2. The molecule has 2 aromatic carbocycles. The number of amides is 1. The van der Waals surface area contributed by atoms with Crippen LogP contribution in [0.15, 0.2) is 70.7 Å². The second-order valence-electron chi connectivity index (χ2n) is 7.16. The fraction of sp³-hybridized carbons (Fsp3) is 0.217. The predicted octanol–water partition coefficient (Wildman–Crippen LogP) is 3.47. The third kappa shape index (κ3) is 4.69. The minimum atomic E-state index is -0.214. The number of aryl methyl sites for hydroxylation is 2. The average molecular weight is 434 g/mol. The molecule has 0 aliphatic carbocycles. The van der Waals surface area contributed by atoms with Crippen molar-refractivity contribution < 1.29 is 4.79 Å². The maximum Gasteiger partial charge on any atom is 0.282 e. The van der Waals surface area contributed by atoms with E-state index in [1.165, 1.54) is 11.8 Å². The van der Waals surface area contributed by atoms with Crippen molar-refractivity contribution in [1.82, 2.24) is 19.3 Å². The normalized spacial score (nSPS) is 11.0. The van der Waals surface area contributed by atoms with E-state index < -0.39 is 0 Å². The lowest BCUT2D eigenvalue weighted by atomic mass is 10.1. The Bertz CT molecular complexity index is 1280. The van der Waals surface area contributed by atoms with E-state index in [-0.39, 0.29) is 17.2 Å². The molecule has 8 heteroatoms. The van der Waals surface area contributed by atoms with Crippen LogP contribution < -0.4 is 10.9 Å². The molecule has 4 aromatic rings. The Hall–Kier alpha value is -3.39. The number of carbonyl (C=O) groups is 1. The highest BCUT2D eigenvalue weighted by Gasteiger charge is 2.16. The molecule has 0 fully saturated rings. The van der Waals surface area contributed by atoms with E-state index in [2.05, 4.69) is 22.3 Å². The van der Waals surface area contributed by atoms with Gasteiger partial charge >= 0.3 is 0 Å². The van der Waals surface area contributed by atoms with Crippen LogP contribution in [0.1, 0.15) is 18.1 Å². The number of hydrogen-bond acceptors (Lipinski definition) is 5. The molecular formula is C23H23N5O2S. The Morgan fingerprint density at radius 1 is 1.10 bits per heavy atom. The summed E-state index contributed by atoms with van der Waals surface area (Å²) in [7, 11) is 1.76. The largest absolute Gasteiger partial charge is 0.325 e. The zero-order valence-corrected chi connectivity index (χ0v) is 18.2. The highest BCUT2D eigenvalue weighted by atomic mass is 32.2. The van der Waals surface area contributed by atoms with Crippen LogP contribution in [0.3, 0.4) is 0 Å². The van der Waals surface area contributed by atoms with Gasteiger partial charge in [0.05, 0.1) is 18.5 Å². The molecule has 2 heterocycles. The summed E-state index contributed by atoms with van der Waals surface area (Å²) in [5, 5.41) is 7.72. The summed E-state index contributed by atoms with van der Waals surface area (Å²) in [5.74, 6) is 0.00287. The molecule has 0 aliphatic rings. The average Bonchev–Trinajstić information content (AvgIpc) is 3.16. The van der Waals surface area contributed by atoms with Gasteiger partial charge in [0.25, 0.3) is 5.56 Å². The molecule has 0 atom stereocenters. The first-order valence-corrected chi connectivity index (χ1v) is 11.0. The van der Waals surface area contributed by atoms with Crippen molar-refractivity contribution in [2.75, 3.05) is 11.1 Å². The second kappa shape index (κ2) is 9.18. The van der Waals surface area contributed by atoms with Crippen molar-refractivity contribution in [3.05, 3.63) is 82.3 Å². The Balaban J connectivity index is 1.60. The molecular weight excluding hydrogens is 410 g/mol. The van der Waals surface area contributed by atoms with Crippen molar-refractivity contribution in [2.24, 2.45) is 7.05 Å². The first kappa shape index (κ1) is 20.9. The predicted molar refractivity (Wildman–Crippen MR) is 123 cm³/mol. The quantitative estimate of drug-likeness (QED) is 0.357. The maximum atomic E-state index is 13.1. The molecule has 4 rings (SSSR count). The molecule has 0 bridgehead atoms. The van der Waals surface area contributed by atoms with Gasteiger partial charge in [-0.3, -0.25) is 18.8 Å². The Kier molecular flexibility index (Phi) is 6.18. The molecule has 31 heavy (non-hydrogen) atoms. The van der Waals surface area contributed by atoms with Gasteiger partial charge in [0, 0.05) is 12.7 Å². The third-order valence-electron chi connectivity index (χ3n) is 4.89. The van der Waals surface area contributed by atoms with Gasteiger partial charge in [0.2, 0.25) is 5.91 Å². The summed E-state index contributed by atoms with van der Waals surface area (Å²) in [6, 6.07) is 17.5. The number of anilines is 1. The molecule has 7 nitrogen and oxygen atoms in total. The van der Waals surface area contributed by atoms with E-state index in [1.54, 1.807) is 22.5 Å². The summed E-state index contributed by atoms with van der Waals surface area (Å²) < 4.78 is 3.16. The number of nitrogens with one attached hydrogen (secondary N) is 1. The van der Waals surface area contributed by atoms with Gasteiger partial charge in [-0.15, -0.1) is 0 Å². The zero-order valence-electron chi connectivity index (χ0n) is 17.4. The number of thioether (sulfide) groups is 1. The Morgan fingerprint density at radius 2 is 1.84 bits per heavy atom. The molecule has 1 N–H and O–H groups in total. The number of aromatic nitrogens is 4. The van der Waals surface area contributed by atoms with E-state index in [1.807, 2.05) is 54.6 Å². The number of rotatable bonds is 7. The third-order valence-corrected chi connectivity index (χ3v) is 5.87. The first-order valence-electron chi connectivity index (χ1n) is 10.0. The fourth-order valence-corrected chi connectivity index (χ4v) is 4.17. The smallest absolute Gasteiger partial charge is 0.282 e. The van der Waals surface area contributed by atoms with Gasteiger partial charge < -0.3 is 5.32 Å². The first-order chi connectivity index (χ1) is 15.0. The van der Waals surface area contributed by atoms with Crippen molar-refractivity contribution in [3.8, 4) is 0 Å². The molecule has 158 valence electrons. The second-order valence-corrected chi connectivity index (χ2v) is 8.10. The summed E-state index contributed by atoms with van der Waals surface area (Å²) in [6.45, 7) is 2.41. The van der Waals surface area contributed by atoms with Gasteiger partial charge in [0.15, 0.2) is 10.7 Å². The lowest BCUT2D eigenvalue weighted by Crippen LogP contribution is -2.25.